The Labute approximate surface area is 144 Å². The number of aromatic carboxylic acids is 1. The largest absolute Gasteiger partial charge is 0.478 e. The molecule has 2 aliphatic rings. The highest BCUT2D eigenvalue weighted by atomic mass is 19.1. The number of hydrogen-bond donors (Lipinski definition) is 1. The van der Waals surface area contributed by atoms with Crippen LogP contribution in [0.5, 0.6) is 0 Å². The van der Waals surface area contributed by atoms with Crippen LogP contribution in [0.3, 0.4) is 0 Å². The van der Waals surface area contributed by atoms with Gasteiger partial charge in [-0.05, 0) is 43.4 Å². The number of piperidine rings is 1. The SMILES string of the molecule is Cc1nc(C2CC3CCC(C2)N3Cc2ccc(C(=O)O)c(F)c2)no1. The van der Waals surface area contributed by atoms with E-state index in [-0.39, 0.29) is 5.56 Å². The van der Waals surface area contributed by atoms with Crippen LogP contribution in [-0.2, 0) is 6.54 Å². The summed E-state index contributed by atoms with van der Waals surface area (Å²) in [6.07, 6.45) is 4.19. The molecule has 6 nitrogen and oxygen atoms in total. The van der Waals surface area contributed by atoms with Gasteiger partial charge in [0, 0.05) is 31.5 Å². The van der Waals surface area contributed by atoms with Gasteiger partial charge in [0.15, 0.2) is 5.82 Å². The quantitative estimate of drug-likeness (QED) is 0.917. The van der Waals surface area contributed by atoms with E-state index in [1.54, 1.807) is 13.0 Å². The normalized spacial score (nSPS) is 26.1. The lowest BCUT2D eigenvalue weighted by Crippen LogP contribution is -2.41. The number of aryl methyl sites for hydroxylation is 1. The first-order valence-electron chi connectivity index (χ1n) is 8.59. The van der Waals surface area contributed by atoms with E-state index >= 15 is 0 Å². The number of halogens is 1. The van der Waals surface area contributed by atoms with Crippen molar-refractivity contribution in [3.05, 3.63) is 46.9 Å². The fourth-order valence-electron chi connectivity index (χ4n) is 4.27. The molecule has 2 aliphatic heterocycles. The predicted octanol–water partition coefficient (Wildman–Crippen LogP) is 3.13. The van der Waals surface area contributed by atoms with Crippen molar-refractivity contribution in [1.82, 2.24) is 15.0 Å². The third kappa shape index (κ3) is 3.04. The molecule has 0 spiro atoms. The van der Waals surface area contributed by atoms with E-state index in [1.807, 2.05) is 0 Å². The summed E-state index contributed by atoms with van der Waals surface area (Å²) in [5, 5.41) is 13.0. The van der Waals surface area contributed by atoms with Gasteiger partial charge in [0.2, 0.25) is 5.89 Å². The average Bonchev–Trinajstić information content (AvgIpc) is 3.08. The molecular weight excluding hydrogens is 325 g/mol. The van der Waals surface area contributed by atoms with Gasteiger partial charge in [-0.2, -0.15) is 4.98 Å². The second kappa shape index (κ2) is 6.22. The predicted molar refractivity (Wildman–Crippen MR) is 86.7 cm³/mol. The Hall–Kier alpha value is -2.28. The minimum Gasteiger partial charge on any atom is -0.478 e. The van der Waals surface area contributed by atoms with Crippen molar-refractivity contribution in [2.24, 2.45) is 0 Å². The van der Waals surface area contributed by atoms with Crippen molar-refractivity contribution in [2.75, 3.05) is 0 Å². The highest BCUT2D eigenvalue weighted by Crippen LogP contribution is 2.43. The Kier molecular flexibility index (Phi) is 4.03. The van der Waals surface area contributed by atoms with Gasteiger partial charge in [0.1, 0.15) is 5.82 Å². The minimum atomic E-state index is -1.24. The number of benzene rings is 1. The van der Waals surface area contributed by atoms with Gasteiger partial charge in [0.05, 0.1) is 5.56 Å². The molecule has 2 bridgehead atoms. The number of carboxylic acid groups (broad SMARTS) is 1. The van der Waals surface area contributed by atoms with Gasteiger partial charge >= 0.3 is 5.97 Å². The van der Waals surface area contributed by atoms with Gasteiger partial charge in [-0.15, -0.1) is 0 Å². The standard InChI is InChI=1S/C18H20FN3O3/c1-10-20-17(21-25-10)12-7-13-3-4-14(8-12)22(13)9-11-2-5-15(18(23)24)16(19)6-11/h2,5-6,12-14H,3-4,7-9H2,1H3,(H,23,24). The molecule has 0 amide bonds. The van der Waals surface area contributed by atoms with E-state index in [9.17, 15) is 9.18 Å². The van der Waals surface area contributed by atoms with Crippen molar-refractivity contribution in [1.29, 1.82) is 0 Å². The number of aromatic nitrogens is 2. The molecule has 2 aromatic rings. The van der Waals surface area contributed by atoms with Crippen LogP contribution >= 0.6 is 0 Å². The van der Waals surface area contributed by atoms with Crippen LogP contribution in [-0.4, -0.2) is 38.2 Å². The van der Waals surface area contributed by atoms with Crippen molar-refractivity contribution in [3.8, 4) is 0 Å². The highest BCUT2D eigenvalue weighted by molar-refractivity contribution is 5.87. The first-order chi connectivity index (χ1) is 12.0. The summed E-state index contributed by atoms with van der Waals surface area (Å²) in [6.45, 7) is 2.44. The lowest BCUT2D eigenvalue weighted by Gasteiger charge is -2.38. The molecule has 2 saturated heterocycles. The molecule has 2 fully saturated rings. The van der Waals surface area contributed by atoms with Crippen molar-refractivity contribution < 1.29 is 18.8 Å². The highest BCUT2D eigenvalue weighted by Gasteiger charge is 2.42. The number of rotatable bonds is 4. The maximum absolute atomic E-state index is 13.9. The molecule has 25 heavy (non-hydrogen) atoms. The third-order valence-corrected chi connectivity index (χ3v) is 5.42. The zero-order valence-corrected chi connectivity index (χ0v) is 14.0. The van der Waals surface area contributed by atoms with Crippen LogP contribution < -0.4 is 0 Å². The number of nitrogens with zero attached hydrogens (tertiary/aromatic N) is 3. The smallest absolute Gasteiger partial charge is 0.338 e. The second-order valence-electron chi connectivity index (χ2n) is 7.02. The fourth-order valence-corrected chi connectivity index (χ4v) is 4.27. The summed E-state index contributed by atoms with van der Waals surface area (Å²) >= 11 is 0. The zero-order chi connectivity index (χ0) is 17.6. The topological polar surface area (TPSA) is 79.5 Å². The van der Waals surface area contributed by atoms with Crippen molar-refractivity contribution >= 4 is 5.97 Å². The monoisotopic (exact) mass is 345 g/mol. The molecule has 0 saturated carbocycles. The van der Waals surface area contributed by atoms with E-state index in [4.69, 9.17) is 9.63 Å². The summed E-state index contributed by atoms with van der Waals surface area (Å²) in [5.41, 5.74) is 0.533. The van der Waals surface area contributed by atoms with E-state index in [2.05, 4.69) is 15.0 Å². The first kappa shape index (κ1) is 16.2. The van der Waals surface area contributed by atoms with Crippen LogP contribution in [0, 0.1) is 12.7 Å². The first-order valence-corrected chi connectivity index (χ1v) is 8.59. The van der Waals surface area contributed by atoms with Gasteiger partial charge in [-0.1, -0.05) is 11.2 Å². The Morgan fingerprint density at radius 1 is 1.36 bits per heavy atom. The lowest BCUT2D eigenvalue weighted by atomic mass is 9.89. The summed E-state index contributed by atoms with van der Waals surface area (Å²) in [5.74, 6) is -0.197. The van der Waals surface area contributed by atoms with Gasteiger partial charge in [0.25, 0.3) is 0 Å². The molecule has 2 unspecified atom stereocenters. The van der Waals surface area contributed by atoms with Gasteiger partial charge < -0.3 is 9.63 Å². The Morgan fingerprint density at radius 3 is 2.64 bits per heavy atom. The van der Waals surface area contributed by atoms with E-state index in [0.717, 1.165) is 37.1 Å². The maximum atomic E-state index is 13.9. The Morgan fingerprint density at radius 2 is 2.08 bits per heavy atom. The molecule has 2 atom stereocenters. The van der Waals surface area contributed by atoms with Crippen LogP contribution in [0.2, 0.25) is 0 Å². The minimum absolute atomic E-state index is 0.280. The van der Waals surface area contributed by atoms with Crippen LogP contribution in [0.4, 0.5) is 4.39 Å². The van der Waals surface area contributed by atoms with Gasteiger partial charge in [-0.3, -0.25) is 4.90 Å². The average molecular weight is 345 g/mol. The molecule has 0 radical (unpaired) electrons. The van der Waals surface area contributed by atoms with Gasteiger partial charge in [-0.25, -0.2) is 9.18 Å². The Bertz CT molecular complexity index is 793. The number of hydrogen-bond acceptors (Lipinski definition) is 5. The molecule has 4 rings (SSSR count). The summed E-state index contributed by atoms with van der Waals surface area (Å²) < 4.78 is 19.0. The molecule has 1 aromatic heterocycles. The van der Waals surface area contributed by atoms with Crippen LogP contribution in [0.1, 0.15) is 59.2 Å². The maximum Gasteiger partial charge on any atom is 0.338 e. The molecule has 1 aromatic carbocycles. The molecule has 0 aliphatic carbocycles. The van der Waals surface area contributed by atoms with E-state index in [1.165, 1.54) is 12.1 Å². The number of fused-ring (bicyclic) bond motifs is 2. The number of carboxylic acids is 1. The summed E-state index contributed by atoms with van der Waals surface area (Å²) in [4.78, 5) is 17.7. The van der Waals surface area contributed by atoms with Crippen molar-refractivity contribution in [3.63, 3.8) is 0 Å². The molecule has 1 N–H and O–H groups in total. The zero-order valence-electron chi connectivity index (χ0n) is 14.0. The van der Waals surface area contributed by atoms with E-state index in [0.29, 0.717) is 30.4 Å². The fraction of sp³-hybridized carbons (Fsp3) is 0.500. The molecular formula is C18H20FN3O3. The third-order valence-electron chi connectivity index (χ3n) is 5.42. The molecule has 132 valence electrons. The Balaban J connectivity index is 1.48. The van der Waals surface area contributed by atoms with E-state index < -0.39 is 11.8 Å². The second-order valence-corrected chi connectivity index (χ2v) is 7.02. The van der Waals surface area contributed by atoms with Crippen LogP contribution in [0.25, 0.3) is 0 Å². The summed E-state index contributed by atoms with van der Waals surface area (Å²) in [6, 6.07) is 5.25. The molecule has 7 heteroatoms. The molecule has 3 heterocycles. The number of carbonyl (C=O) groups is 1. The van der Waals surface area contributed by atoms with Crippen LogP contribution in [0.15, 0.2) is 22.7 Å². The lowest BCUT2D eigenvalue weighted by molar-refractivity contribution is 0.0691. The summed E-state index contributed by atoms with van der Waals surface area (Å²) in [7, 11) is 0. The van der Waals surface area contributed by atoms with Crippen molar-refractivity contribution in [2.45, 2.75) is 57.2 Å².